The highest BCUT2D eigenvalue weighted by Crippen LogP contribution is 2.45. The number of allylic oxidation sites excluding steroid dienone is 36. The first kappa shape index (κ1) is 96.9. The van der Waals surface area contributed by atoms with E-state index in [9.17, 15) is 43.5 Å². The molecule has 0 radical (unpaired) electrons. The lowest BCUT2D eigenvalue weighted by molar-refractivity contribution is -0.161. The van der Waals surface area contributed by atoms with E-state index in [-0.39, 0.29) is 19.3 Å². The molecule has 0 aromatic heterocycles. The standard InChI is InChI=1S/C85H132O16P2/c1-4-7-10-13-16-19-22-25-28-31-34-36-38-39-41-43-45-47-50-53-56-59-62-65-68-71-83(88)95-74-80(86)75-97-102(91,92)98-76-81(87)77-99-103(93,94)100-79-82(101-85(90)73-70-67-64-61-58-55-52-49-44-33-30-27-24-21-18-15-12-9-6-3)78-96-84(89)72-69-66-63-60-57-54-51-48-46-42-40-37-35-32-29-26-23-20-17-14-11-8-5-2/h7-12,16-21,25-30,34-37,39,41-42,44-47,49,51,54-55,58,64,67,80-82,86-87H,4-6,13-15,22-24,31-33,38,40,43,48,50,52-53,56-57,59-63,65-66,68-79H2,1-3H3,(H,91,92)(H,93,94)/b10-7-,11-8-,12-9-,19-16-,20-17-,21-18-,28-25-,29-26-,30-27-,36-34-,37-35-,41-39-,46-42-,47-45-,49-44-,54-51-,58-55-,67-64-. The van der Waals surface area contributed by atoms with E-state index < -0.39 is 91.5 Å². The Balaban J connectivity index is 4.81. The maximum absolute atomic E-state index is 13.0. The van der Waals surface area contributed by atoms with Crippen molar-refractivity contribution in [2.45, 2.75) is 257 Å². The Labute approximate surface area is 622 Å². The van der Waals surface area contributed by atoms with Gasteiger partial charge in [0.2, 0.25) is 0 Å². The molecule has 0 aliphatic heterocycles. The van der Waals surface area contributed by atoms with Crippen molar-refractivity contribution in [3.05, 3.63) is 219 Å². The predicted octanol–water partition coefficient (Wildman–Crippen LogP) is 22.3. The maximum Gasteiger partial charge on any atom is 0.472 e. The van der Waals surface area contributed by atoms with Crippen LogP contribution in [0, 0.1) is 0 Å². The van der Waals surface area contributed by atoms with E-state index in [0.29, 0.717) is 25.7 Å². The van der Waals surface area contributed by atoms with Crippen LogP contribution in [0.5, 0.6) is 0 Å². The number of hydrogen-bond acceptors (Lipinski definition) is 14. The molecule has 0 bridgehead atoms. The molecule has 4 N–H and O–H groups in total. The van der Waals surface area contributed by atoms with Crippen LogP contribution in [0.4, 0.5) is 0 Å². The monoisotopic (exact) mass is 1470 g/mol. The van der Waals surface area contributed by atoms with Crippen LogP contribution in [0.2, 0.25) is 0 Å². The molecule has 16 nitrogen and oxygen atoms in total. The lowest BCUT2D eigenvalue weighted by Gasteiger charge is -2.21. The van der Waals surface area contributed by atoms with Gasteiger partial charge in [-0.15, -0.1) is 0 Å². The van der Waals surface area contributed by atoms with Crippen molar-refractivity contribution < 1.29 is 75.8 Å². The average Bonchev–Trinajstić information content (AvgIpc) is 0.922. The molecule has 0 aromatic rings. The van der Waals surface area contributed by atoms with Crippen LogP contribution >= 0.6 is 15.6 Å². The lowest BCUT2D eigenvalue weighted by atomic mass is 10.1. The summed E-state index contributed by atoms with van der Waals surface area (Å²) < 4.78 is 61.0. The Hall–Kier alpha value is -6.13. The van der Waals surface area contributed by atoms with Crippen LogP contribution in [0.1, 0.15) is 239 Å². The zero-order valence-electron chi connectivity index (χ0n) is 62.9. The molecule has 0 aliphatic rings. The number of carbonyl (C=O) groups excluding carboxylic acids is 3. The summed E-state index contributed by atoms with van der Waals surface area (Å²) in [6.45, 7) is 2.15. The number of ether oxygens (including phenoxy) is 3. The number of hydrogen-bond donors (Lipinski definition) is 4. The van der Waals surface area contributed by atoms with Crippen LogP contribution in [0.3, 0.4) is 0 Å². The second-order valence-corrected chi connectivity index (χ2v) is 27.2. The molecule has 0 amide bonds. The first-order valence-electron chi connectivity index (χ1n) is 38.0. The molecule has 0 saturated carbocycles. The summed E-state index contributed by atoms with van der Waals surface area (Å²) in [7, 11) is -9.85. The Morgan fingerprint density at radius 3 is 0.806 bits per heavy atom. The van der Waals surface area contributed by atoms with Gasteiger partial charge in [-0.25, -0.2) is 9.13 Å². The fraction of sp³-hybridized carbons (Fsp3) is 0.541. The Morgan fingerprint density at radius 1 is 0.272 bits per heavy atom. The smallest absolute Gasteiger partial charge is 0.463 e. The number of phosphoric acid groups is 2. The number of aliphatic hydroxyl groups excluding tert-OH is 2. The molecule has 0 heterocycles. The molecule has 578 valence electrons. The lowest BCUT2D eigenvalue weighted by Crippen LogP contribution is -2.29. The van der Waals surface area contributed by atoms with Gasteiger partial charge in [0.1, 0.15) is 25.4 Å². The molecule has 5 unspecified atom stereocenters. The summed E-state index contributed by atoms with van der Waals surface area (Å²) in [5, 5.41) is 20.6. The summed E-state index contributed by atoms with van der Waals surface area (Å²) in [4.78, 5) is 58.6. The van der Waals surface area contributed by atoms with E-state index in [4.69, 9.17) is 32.3 Å². The fourth-order valence-corrected chi connectivity index (χ4v) is 10.6. The summed E-state index contributed by atoms with van der Waals surface area (Å²) in [5.41, 5.74) is 0. The average molecular weight is 1470 g/mol. The molecule has 0 spiro atoms. The maximum atomic E-state index is 13.0. The van der Waals surface area contributed by atoms with E-state index >= 15 is 0 Å². The number of phosphoric ester groups is 2. The molecule has 0 rings (SSSR count). The van der Waals surface area contributed by atoms with Crippen LogP contribution in [0.15, 0.2) is 219 Å². The van der Waals surface area contributed by atoms with Crippen molar-refractivity contribution in [3.63, 3.8) is 0 Å². The fourth-order valence-electron chi connectivity index (χ4n) is 9.01. The minimum Gasteiger partial charge on any atom is -0.463 e. The molecular weight excluding hydrogens is 1340 g/mol. The van der Waals surface area contributed by atoms with Gasteiger partial charge < -0.3 is 34.2 Å². The molecule has 103 heavy (non-hydrogen) atoms. The number of esters is 3. The van der Waals surface area contributed by atoms with Crippen LogP contribution in [-0.2, 0) is 55.8 Å². The van der Waals surface area contributed by atoms with Gasteiger partial charge in [-0.1, -0.05) is 278 Å². The summed E-state index contributed by atoms with van der Waals surface area (Å²) in [6, 6.07) is 0. The minimum atomic E-state index is -4.97. The van der Waals surface area contributed by atoms with Crippen LogP contribution in [0.25, 0.3) is 0 Å². The highest BCUT2D eigenvalue weighted by Gasteiger charge is 2.29. The van der Waals surface area contributed by atoms with Crippen molar-refractivity contribution in [1.82, 2.24) is 0 Å². The highest BCUT2D eigenvalue weighted by molar-refractivity contribution is 7.47. The van der Waals surface area contributed by atoms with E-state index in [2.05, 4.69) is 221 Å². The first-order chi connectivity index (χ1) is 50.2. The number of rotatable bonds is 69. The highest BCUT2D eigenvalue weighted by atomic mass is 31.2. The van der Waals surface area contributed by atoms with Crippen molar-refractivity contribution >= 4 is 33.6 Å². The third-order valence-corrected chi connectivity index (χ3v) is 16.6. The molecule has 0 aliphatic carbocycles. The first-order valence-corrected chi connectivity index (χ1v) is 41.0. The largest absolute Gasteiger partial charge is 0.472 e. The van der Waals surface area contributed by atoms with Gasteiger partial charge in [-0.3, -0.25) is 32.5 Å². The summed E-state index contributed by atoms with van der Waals surface area (Å²) >= 11 is 0. The molecule has 0 aromatic carbocycles. The quantitative estimate of drug-likeness (QED) is 0.0146. The van der Waals surface area contributed by atoms with Gasteiger partial charge in [0.15, 0.2) is 6.10 Å². The minimum absolute atomic E-state index is 0.0374. The van der Waals surface area contributed by atoms with Gasteiger partial charge in [-0.05, 0) is 161 Å². The number of unbranched alkanes of at least 4 members (excludes halogenated alkanes) is 10. The molecule has 18 heteroatoms. The Morgan fingerprint density at radius 2 is 0.505 bits per heavy atom. The molecule has 0 fully saturated rings. The van der Waals surface area contributed by atoms with Crippen LogP contribution < -0.4 is 0 Å². The van der Waals surface area contributed by atoms with E-state index in [1.807, 2.05) is 18.2 Å². The van der Waals surface area contributed by atoms with Gasteiger partial charge in [-0.2, -0.15) is 0 Å². The van der Waals surface area contributed by atoms with Crippen molar-refractivity contribution in [3.8, 4) is 0 Å². The van der Waals surface area contributed by atoms with E-state index in [1.165, 1.54) is 0 Å². The van der Waals surface area contributed by atoms with Crippen molar-refractivity contribution in [2.75, 3.05) is 39.6 Å². The number of aliphatic hydroxyl groups is 2. The predicted molar refractivity (Wildman–Crippen MR) is 426 cm³/mol. The topological polar surface area (TPSA) is 231 Å². The Kier molecular flexibility index (Phi) is 71.1. The normalized spacial score (nSPS) is 15.2. The second-order valence-electron chi connectivity index (χ2n) is 24.3. The second kappa shape index (κ2) is 75.5. The number of carbonyl (C=O) groups is 3. The molecular formula is C85H132O16P2. The zero-order chi connectivity index (χ0) is 75.2. The molecule has 5 atom stereocenters. The SMILES string of the molecule is CC/C=C\C/C=C\C/C=C\C/C=C\C/C=C\C/C=C\CCCCCCCCC(=O)OCC(O)COP(=O)(O)OCC(O)COP(=O)(O)OCC(COC(=O)CCCCCC/C=C\C/C=C\C/C=C\C/C=C\C/C=C\C/C=C\CC)OC(=O)CC/C=C\C/C=C\C/C=C\C/C=C\C/C=C\C/C=C\CC. The van der Waals surface area contributed by atoms with Gasteiger partial charge in [0.05, 0.1) is 26.4 Å². The van der Waals surface area contributed by atoms with Crippen LogP contribution in [-0.4, -0.2) is 95.9 Å². The van der Waals surface area contributed by atoms with E-state index in [1.54, 1.807) is 0 Å². The summed E-state index contributed by atoms with van der Waals surface area (Å²) in [5.74, 6) is -1.74. The zero-order valence-corrected chi connectivity index (χ0v) is 64.7. The van der Waals surface area contributed by atoms with E-state index in [0.717, 1.165) is 173 Å². The third-order valence-electron chi connectivity index (χ3n) is 14.7. The van der Waals surface area contributed by atoms with Gasteiger partial charge >= 0.3 is 33.6 Å². The van der Waals surface area contributed by atoms with Crippen molar-refractivity contribution in [2.24, 2.45) is 0 Å². The third kappa shape index (κ3) is 76.8. The Bertz CT molecular complexity index is 2750. The summed E-state index contributed by atoms with van der Waals surface area (Å²) in [6.07, 6.45) is 101. The van der Waals surface area contributed by atoms with Gasteiger partial charge in [0, 0.05) is 19.3 Å². The van der Waals surface area contributed by atoms with Crippen molar-refractivity contribution in [1.29, 1.82) is 0 Å². The molecule has 0 saturated heterocycles. The van der Waals surface area contributed by atoms with Gasteiger partial charge in [0.25, 0.3) is 0 Å².